The zero-order valence-corrected chi connectivity index (χ0v) is 10.7. The fraction of sp³-hybridized carbons (Fsp3) is 0.667. The van der Waals surface area contributed by atoms with Crippen molar-refractivity contribution in [2.45, 2.75) is 27.2 Å². The molecule has 0 bridgehead atoms. The summed E-state index contributed by atoms with van der Waals surface area (Å²) in [6.07, 6.45) is 6.55. The molecular formula is C12H23N3O. The van der Waals surface area contributed by atoms with E-state index in [4.69, 9.17) is 0 Å². The van der Waals surface area contributed by atoms with E-state index in [-0.39, 0.29) is 11.8 Å². The fourth-order valence-corrected chi connectivity index (χ4v) is 1.24. The van der Waals surface area contributed by atoms with Crippen LogP contribution in [0.4, 0.5) is 0 Å². The Morgan fingerprint density at radius 3 is 2.69 bits per heavy atom. The van der Waals surface area contributed by atoms with Crippen LogP contribution in [0.3, 0.4) is 0 Å². The van der Waals surface area contributed by atoms with Crippen LogP contribution in [0, 0.1) is 5.92 Å². The summed E-state index contributed by atoms with van der Waals surface area (Å²) < 4.78 is 0. The Balaban J connectivity index is 4.14. The van der Waals surface area contributed by atoms with E-state index in [1.165, 1.54) is 0 Å². The highest BCUT2D eigenvalue weighted by molar-refractivity contribution is 5.78. The van der Waals surface area contributed by atoms with Gasteiger partial charge in [-0.3, -0.25) is 4.79 Å². The third-order valence-corrected chi connectivity index (χ3v) is 2.27. The Morgan fingerprint density at radius 2 is 2.19 bits per heavy atom. The van der Waals surface area contributed by atoms with Crippen LogP contribution in [-0.4, -0.2) is 37.3 Å². The minimum Gasteiger partial charge on any atom is -0.362 e. The molecule has 4 nitrogen and oxygen atoms in total. The first-order valence-electron chi connectivity index (χ1n) is 5.79. The van der Waals surface area contributed by atoms with Crippen molar-refractivity contribution in [3.05, 3.63) is 12.3 Å². The molecule has 0 radical (unpaired) electrons. The molecule has 0 heterocycles. The van der Waals surface area contributed by atoms with Gasteiger partial charge in [0.2, 0.25) is 5.91 Å². The van der Waals surface area contributed by atoms with Gasteiger partial charge in [-0.2, -0.15) is 0 Å². The lowest BCUT2D eigenvalue weighted by molar-refractivity contribution is -0.124. The van der Waals surface area contributed by atoms with E-state index in [0.717, 1.165) is 13.0 Å². The van der Waals surface area contributed by atoms with Gasteiger partial charge in [-0.15, -0.1) is 0 Å². The van der Waals surface area contributed by atoms with E-state index in [2.05, 4.69) is 17.2 Å². The summed E-state index contributed by atoms with van der Waals surface area (Å²) in [6.45, 7) is 7.57. The van der Waals surface area contributed by atoms with Crippen LogP contribution in [0.5, 0.6) is 0 Å². The Hall–Kier alpha value is -1.32. The average molecular weight is 225 g/mol. The Labute approximate surface area is 98.4 Å². The third kappa shape index (κ3) is 6.22. The monoisotopic (exact) mass is 225 g/mol. The molecule has 1 N–H and O–H groups in total. The number of aliphatic imine (C=N–C) groups is 1. The SMILES string of the molecule is CC/C=C/N=CN(CC)CC(C)C(=O)NC. The first-order valence-corrected chi connectivity index (χ1v) is 5.79. The molecule has 0 spiro atoms. The largest absolute Gasteiger partial charge is 0.362 e. The summed E-state index contributed by atoms with van der Waals surface area (Å²) in [6, 6.07) is 0. The highest BCUT2D eigenvalue weighted by atomic mass is 16.1. The van der Waals surface area contributed by atoms with Crippen molar-refractivity contribution < 1.29 is 4.79 Å². The number of carbonyl (C=O) groups excluding carboxylic acids is 1. The molecule has 1 unspecified atom stereocenters. The quantitative estimate of drug-likeness (QED) is 0.529. The van der Waals surface area contributed by atoms with Gasteiger partial charge in [0.15, 0.2) is 0 Å². The van der Waals surface area contributed by atoms with E-state index in [1.54, 1.807) is 19.6 Å². The normalized spacial score (nSPS) is 13.2. The molecule has 0 aliphatic carbocycles. The summed E-state index contributed by atoms with van der Waals surface area (Å²) in [5.74, 6) is 0.0440. The third-order valence-electron chi connectivity index (χ3n) is 2.27. The molecule has 1 amide bonds. The molecule has 0 aromatic rings. The summed E-state index contributed by atoms with van der Waals surface area (Å²) in [7, 11) is 1.66. The average Bonchev–Trinajstić information content (AvgIpc) is 2.31. The van der Waals surface area contributed by atoms with E-state index < -0.39 is 0 Å². The Morgan fingerprint density at radius 1 is 1.50 bits per heavy atom. The summed E-state index contributed by atoms with van der Waals surface area (Å²) in [5, 5.41) is 2.65. The number of hydrogen-bond acceptors (Lipinski definition) is 2. The smallest absolute Gasteiger partial charge is 0.224 e. The maximum absolute atomic E-state index is 11.3. The molecule has 16 heavy (non-hydrogen) atoms. The molecule has 0 aromatic carbocycles. The molecule has 0 fully saturated rings. The number of carbonyl (C=O) groups is 1. The lowest BCUT2D eigenvalue weighted by Crippen LogP contribution is -2.35. The Kier molecular flexibility index (Phi) is 8.21. The van der Waals surface area contributed by atoms with Crippen molar-refractivity contribution in [2.75, 3.05) is 20.1 Å². The molecule has 0 aliphatic rings. The fourth-order valence-electron chi connectivity index (χ4n) is 1.24. The molecule has 0 saturated heterocycles. The van der Waals surface area contributed by atoms with Crippen molar-refractivity contribution in [1.82, 2.24) is 10.2 Å². The second-order valence-corrected chi connectivity index (χ2v) is 3.66. The van der Waals surface area contributed by atoms with Crippen LogP contribution in [0.25, 0.3) is 0 Å². The number of amides is 1. The van der Waals surface area contributed by atoms with Crippen LogP contribution in [0.15, 0.2) is 17.3 Å². The second-order valence-electron chi connectivity index (χ2n) is 3.66. The van der Waals surface area contributed by atoms with Gasteiger partial charge in [0.05, 0.1) is 12.3 Å². The van der Waals surface area contributed by atoms with Gasteiger partial charge in [0, 0.05) is 26.3 Å². The maximum Gasteiger partial charge on any atom is 0.224 e. The van der Waals surface area contributed by atoms with Gasteiger partial charge in [0.1, 0.15) is 0 Å². The van der Waals surface area contributed by atoms with Crippen molar-refractivity contribution >= 4 is 12.2 Å². The van der Waals surface area contributed by atoms with Gasteiger partial charge in [-0.05, 0) is 13.3 Å². The molecule has 0 aliphatic heterocycles. The number of hydrogen-bond donors (Lipinski definition) is 1. The van der Waals surface area contributed by atoms with Crippen molar-refractivity contribution in [3.63, 3.8) is 0 Å². The van der Waals surface area contributed by atoms with Crippen LogP contribution in [0.2, 0.25) is 0 Å². The van der Waals surface area contributed by atoms with Gasteiger partial charge < -0.3 is 10.2 Å². The summed E-state index contributed by atoms with van der Waals surface area (Å²) >= 11 is 0. The molecule has 4 heteroatoms. The van der Waals surface area contributed by atoms with Gasteiger partial charge in [-0.1, -0.05) is 19.9 Å². The molecule has 1 atom stereocenters. The van der Waals surface area contributed by atoms with Gasteiger partial charge >= 0.3 is 0 Å². The number of nitrogens with one attached hydrogen (secondary N) is 1. The zero-order valence-electron chi connectivity index (χ0n) is 10.7. The second kappa shape index (κ2) is 8.95. The summed E-state index contributed by atoms with van der Waals surface area (Å²) in [4.78, 5) is 17.5. The molecular weight excluding hydrogens is 202 g/mol. The van der Waals surface area contributed by atoms with E-state index >= 15 is 0 Å². The van der Waals surface area contributed by atoms with Gasteiger partial charge in [0.25, 0.3) is 0 Å². The topological polar surface area (TPSA) is 44.7 Å². The molecule has 0 rings (SSSR count). The minimum absolute atomic E-state index is 0.0217. The molecule has 0 aromatic heterocycles. The van der Waals surface area contributed by atoms with Crippen LogP contribution < -0.4 is 5.32 Å². The van der Waals surface area contributed by atoms with Crippen LogP contribution in [0.1, 0.15) is 27.2 Å². The van der Waals surface area contributed by atoms with Crippen LogP contribution in [-0.2, 0) is 4.79 Å². The minimum atomic E-state index is -0.0217. The predicted octanol–water partition coefficient (Wildman–Crippen LogP) is 1.64. The Bertz CT molecular complexity index is 249. The highest BCUT2D eigenvalue weighted by Gasteiger charge is 2.12. The van der Waals surface area contributed by atoms with Crippen molar-refractivity contribution in [2.24, 2.45) is 10.9 Å². The molecule has 92 valence electrons. The number of rotatable bonds is 7. The van der Waals surface area contributed by atoms with E-state index in [9.17, 15) is 4.79 Å². The van der Waals surface area contributed by atoms with Crippen molar-refractivity contribution in [3.8, 4) is 0 Å². The first kappa shape index (κ1) is 14.7. The first-order chi connectivity index (χ1) is 7.65. The lowest BCUT2D eigenvalue weighted by Gasteiger charge is -2.20. The van der Waals surface area contributed by atoms with Crippen LogP contribution >= 0.6 is 0 Å². The lowest BCUT2D eigenvalue weighted by atomic mass is 10.1. The van der Waals surface area contributed by atoms with Crippen molar-refractivity contribution in [1.29, 1.82) is 0 Å². The zero-order chi connectivity index (χ0) is 12.4. The number of allylic oxidation sites excluding steroid dienone is 1. The molecule has 0 saturated carbocycles. The predicted molar refractivity (Wildman–Crippen MR) is 68.4 cm³/mol. The van der Waals surface area contributed by atoms with E-state index in [1.807, 2.05) is 24.8 Å². The number of nitrogens with zero attached hydrogens (tertiary/aromatic N) is 2. The van der Waals surface area contributed by atoms with Gasteiger partial charge in [-0.25, -0.2) is 4.99 Å². The standard InChI is InChI=1S/C12H23N3O/c1-5-7-8-14-10-15(6-2)9-11(3)12(16)13-4/h7-8,10-11H,5-6,9H2,1-4H3,(H,13,16)/b8-7+,14-10?. The highest BCUT2D eigenvalue weighted by Crippen LogP contribution is 1.98. The van der Waals surface area contributed by atoms with E-state index in [0.29, 0.717) is 6.54 Å². The maximum atomic E-state index is 11.3. The summed E-state index contributed by atoms with van der Waals surface area (Å²) in [5.41, 5.74) is 0.